The summed E-state index contributed by atoms with van der Waals surface area (Å²) in [5.41, 5.74) is -2.68. The van der Waals surface area contributed by atoms with Gasteiger partial charge in [0.05, 0.1) is 11.3 Å². The highest BCUT2D eigenvalue weighted by Crippen LogP contribution is 2.42. The lowest BCUT2D eigenvalue weighted by atomic mass is 9.74. The van der Waals surface area contributed by atoms with Gasteiger partial charge in [0.15, 0.2) is 11.6 Å². The number of hydrogen-bond donors (Lipinski definition) is 2. The van der Waals surface area contributed by atoms with E-state index in [-0.39, 0.29) is 6.54 Å². The van der Waals surface area contributed by atoms with E-state index in [1.54, 1.807) is 0 Å². The van der Waals surface area contributed by atoms with Crippen LogP contribution < -0.4 is 10.6 Å². The number of halogens is 5. The van der Waals surface area contributed by atoms with Crippen LogP contribution in [0, 0.1) is 17.0 Å². The minimum Gasteiger partial charge on any atom is -0.354 e. The molecule has 2 aromatic rings. The zero-order valence-corrected chi connectivity index (χ0v) is 14.5. The van der Waals surface area contributed by atoms with Crippen LogP contribution in [0.5, 0.6) is 0 Å². The zero-order valence-electron chi connectivity index (χ0n) is 14.5. The Morgan fingerprint density at radius 2 is 1.79 bits per heavy atom. The highest BCUT2D eigenvalue weighted by Gasteiger charge is 2.53. The van der Waals surface area contributed by atoms with E-state index >= 15 is 0 Å². The van der Waals surface area contributed by atoms with E-state index < -0.39 is 52.2 Å². The molecule has 28 heavy (non-hydrogen) atoms. The first-order valence-corrected chi connectivity index (χ1v) is 8.26. The number of anilines is 1. The summed E-state index contributed by atoms with van der Waals surface area (Å²) >= 11 is 0. The Balaban J connectivity index is 1.92. The van der Waals surface area contributed by atoms with Gasteiger partial charge in [0.25, 0.3) is 0 Å². The molecule has 0 bridgehead atoms. The van der Waals surface area contributed by atoms with Gasteiger partial charge >= 0.3 is 6.18 Å². The Hall–Kier alpha value is -2.97. The summed E-state index contributed by atoms with van der Waals surface area (Å²) < 4.78 is 65.5. The van der Waals surface area contributed by atoms with Crippen LogP contribution in [0.3, 0.4) is 0 Å². The van der Waals surface area contributed by atoms with Crippen molar-refractivity contribution in [3.63, 3.8) is 0 Å². The first kappa shape index (κ1) is 19.8. The van der Waals surface area contributed by atoms with E-state index in [9.17, 15) is 31.5 Å². The summed E-state index contributed by atoms with van der Waals surface area (Å²) in [6.07, 6.45) is -4.52. The van der Waals surface area contributed by atoms with E-state index in [4.69, 9.17) is 0 Å². The number of carbonyl (C=O) groups is 2. The molecule has 1 aliphatic rings. The predicted molar refractivity (Wildman–Crippen MR) is 90.3 cm³/mol. The van der Waals surface area contributed by atoms with Gasteiger partial charge in [0, 0.05) is 12.5 Å². The number of rotatable bonds is 3. The normalized spacial score (nSPS) is 22.1. The second kappa shape index (κ2) is 6.88. The molecule has 2 amide bonds. The molecule has 2 atom stereocenters. The number of benzene rings is 2. The Morgan fingerprint density at radius 1 is 1.14 bits per heavy atom. The first-order valence-electron chi connectivity index (χ1n) is 8.26. The van der Waals surface area contributed by atoms with Gasteiger partial charge in [-0.2, -0.15) is 13.2 Å². The van der Waals surface area contributed by atoms with Gasteiger partial charge in [-0.25, -0.2) is 8.78 Å². The molecule has 1 saturated heterocycles. The van der Waals surface area contributed by atoms with Crippen molar-refractivity contribution < 1.29 is 31.5 Å². The van der Waals surface area contributed by atoms with Crippen molar-refractivity contribution in [3.8, 4) is 0 Å². The minimum absolute atomic E-state index is 0.0136. The highest BCUT2D eigenvalue weighted by atomic mass is 19.4. The van der Waals surface area contributed by atoms with E-state index in [1.807, 2.05) is 0 Å². The summed E-state index contributed by atoms with van der Waals surface area (Å²) in [7, 11) is 0. The van der Waals surface area contributed by atoms with Crippen LogP contribution in [0.15, 0.2) is 42.5 Å². The van der Waals surface area contributed by atoms with Crippen molar-refractivity contribution in [2.75, 3.05) is 11.9 Å². The smallest absolute Gasteiger partial charge is 0.354 e. The molecule has 9 heteroatoms. The summed E-state index contributed by atoms with van der Waals surface area (Å²) in [6.45, 7) is 1.32. The Bertz CT molecular complexity index is 927. The van der Waals surface area contributed by atoms with E-state index in [2.05, 4.69) is 10.6 Å². The van der Waals surface area contributed by atoms with Crippen LogP contribution in [0.4, 0.5) is 27.6 Å². The molecule has 1 aliphatic heterocycles. The largest absolute Gasteiger partial charge is 0.416 e. The molecular weight excluding hydrogens is 383 g/mol. The van der Waals surface area contributed by atoms with E-state index in [0.29, 0.717) is 5.56 Å². The maximum atomic E-state index is 13.9. The van der Waals surface area contributed by atoms with Crippen LogP contribution >= 0.6 is 0 Å². The molecule has 1 fully saturated rings. The molecule has 2 N–H and O–H groups in total. The summed E-state index contributed by atoms with van der Waals surface area (Å²) in [6, 6.07) is 7.33. The number of amides is 2. The monoisotopic (exact) mass is 398 g/mol. The molecule has 0 unspecified atom stereocenters. The minimum atomic E-state index is -4.52. The second-order valence-electron chi connectivity index (χ2n) is 6.64. The third-order valence-corrected chi connectivity index (χ3v) is 4.95. The van der Waals surface area contributed by atoms with Crippen LogP contribution in [0.25, 0.3) is 0 Å². The zero-order chi connectivity index (χ0) is 20.7. The van der Waals surface area contributed by atoms with Crippen molar-refractivity contribution in [1.29, 1.82) is 0 Å². The highest BCUT2D eigenvalue weighted by molar-refractivity contribution is 6.12. The topological polar surface area (TPSA) is 58.2 Å². The maximum Gasteiger partial charge on any atom is 0.416 e. The molecule has 0 radical (unpaired) electrons. The van der Waals surface area contributed by atoms with Crippen LogP contribution in [0.2, 0.25) is 0 Å². The molecule has 4 nitrogen and oxygen atoms in total. The molecule has 148 valence electrons. The third-order valence-electron chi connectivity index (χ3n) is 4.95. The summed E-state index contributed by atoms with van der Waals surface area (Å²) in [5.74, 6) is -4.79. The predicted octanol–water partition coefficient (Wildman–Crippen LogP) is 3.84. The van der Waals surface area contributed by atoms with Gasteiger partial charge in [-0.05, 0) is 36.8 Å². The standard InChI is InChI=1S/C19H15F5N2O2/c1-18(17(28)26-14-4-2-3-13(20)15(14)21)12(9-25-16(18)27)10-5-7-11(8-6-10)19(22,23)24/h2-8,12H,9H2,1H3,(H,25,27)(H,26,28)/t12-,18+/m1/s1. The molecule has 0 spiro atoms. The van der Waals surface area contributed by atoms with Crippen molar-refractivity contribution in [3.05, 3.63) is 65.2 Å². The third kappa shape index (κ3) is 3.32. The fourth-order valence-corrected chi connectivity index (χ4v) is 3.21. The summed E-state index contributed by atoms with van der Waals surface area (Å²) in [5, 5.41) is 4.71. The average molecular weight is 398 g/mol. The number of carbonyl (C=O) groups excluding carboxylic acids is 2. The average Bonchev–Trinajstić information content (AvgIpc) is 2.94. The van der Waals surface area contributed by atoms with Gasteiger partial charge in [-0.1, -0.05) is 18.2 Å². The quantitative estimate of drug-likeness (QED) is 0.610. The van der Waals surface area contributed by atoms with Crippen LogP contribution in [-0.2, 0) is 15.8 Å². The molecule has 3 rings (SSSR count). The second-order valence-corrected chi connectivity index (χ2v) is 6.64. The molecule has 2 aromatic carbocycles. The molecule has 0 saturated carbocycles. The fourth-order valence-electron chi connectivity index (χ4n) is 3.21. The lowest BCUT2D eigenvalue weighted by molar-refractivity contribution is -0.138. The Morgan fingerprint density at radius 3 is 2.39 bits per heavy atom. The van der Waals surface area contributed by atoms with Gasteiger partial charge in [0.1, 0.15) is 5.41 Å². The fraction of sp³-hybridized carbons (Fsp3) is 0.263. The Labute approximate surface area is 156 Å². The van der Waals surface area contributed by atoms with Gasteiger partial charge in [-0.3, -0.25) is 9.59 Å². The van der Waals surface area contributed by atoms with Crippen molar-refractivity contribution in [2.45, 2.75) is 19.0 Å². The maximum absolute atomic E-state index is 13.9. The lowest BCUT2D eigenvalue weighted by Crippen LogP contribution is -2.43. The molecular formula is C19H15F5N2O2. The van der Waals surface area contributed by atoms with Crippen molar-refractivity contribution >= 4 is 17.5 Å². The molecule has 0 aliphatic carbocycles. The van der Waals surface area contributed by atoms with Gasteiger partial charge in [-0.15, -0.1) is 0 Å². The molecule has 0 aromatic heterocycles. The lowest BCUT2D eigenvalue weighted by Gasteiger charge is -2.27. The molecule has 1 heterocycles. The number of alkyl halides is 3. The summed E-state index contributed by atoms with van der Waals surface area (Å²) in [4.78, 5) is 25.1. The van der Waals surface area contributed by atoms with Crippen molar-refractivity contribution in [1.82, 2.24) is 5.32 Å². The SMILES string of the molecule is C[C@@]1(C(=O)Nc2cccc(F)c2F)C(=O)NC[C@@H]1c1ccc(C(F)(F)F)cc1. The van der Waals surface area contributed by atoms with E-state index in [0.717, 1.165) is 24.3 Å². The van der Waals surface area contributed by atoms with Crippen LogP contribution in [0.1, 0.15) is 24.0 Å². The van der Waals surface area contributed by atoms with Crippen LogP contribution in [-0.4, -0.2) is 18.4 Å². The number of nitrogens with one attached hydrogen (secondary N) is 2. The van der Waals surface area contributed by atoms with Crippen molar-refractivity contribution in [2.24, 2.45) is 5.41 Å². The first-order chi connectivity index (χ1) is 13.0. The van der Waals surface area contributed by atoms with Gasteiger partial charge in [0.2, 0.25) is 11.8 Å². The van der Waals surface area contributed by atoms with Gasteiger partial charge < -0.3 is 10.6 Å². The number of hydrogen-bond acceptors (Lipinski definition) is 2. The Kier molecular flexibility index (Phi) is 4.86. The van der Waals surface area contributed by atoms with E-state index in [1.165, 1.54) is 25.1 Å².